The molecule has 0 aliphatic heterocycles. The fourth-order valence-corrected chi connectivity index (χ4v) is 3.38. The zero-order valence-corrected chi connectivity index (χ0v) is 18.6. The highest BCUT2D eigenvalue weighted by molar-refractivity contribution is 5.85. The van der Waals surface area contributed by atoms with E-state index in [4.69, 9.17) is 0 Å². The third-order valence-electron chi connectivity index (χ3n) is 4.92. The summed E-state index contributed by atoms with van der Waals surface area (Å²) in [6.45, 7) is 8.32. The number of aromatic nitrogens is 2. The van der Waals surface area contributed by atoms with Gasteiger partial charge < -0.3 is 9.88 Å². The minimum atomic E-state index is -4.40. The molecule has 168 valence electrons. The van der Waals surface area contributed by atoms with Crippen LogP contribution < -0.4 is 5.32 Å². The number of hydrogen-bond donors (Lipinski definition) is 1. The lowest BCUT2D eigenvalue weighted by atomic mass is 9.94. The normalized spacial score (nSPS) is 13.2. The largest absolute Gasteiger partial charge is 0.416 e. The topological polar surface area (TPSA) is 46.9 Å². The Balaban J connectivity index is 0.00000218. The number of halogens is 3. The summed E-state index contributed by atoms with van der Waals surface area (Å²) < 4.78 is 40.3. The lowest BCUT2D eigenvalue weighted by Crippen LogP contribution is -2.20. The number of hydrogen-bond acceptors (Lipinski definition) is 3. The first-order chi connectivity index (χ1) is 14.3. The van der Waals surface area contributed by atoms with Gasteiger partial charge >= 0.3 is 6.18 Å². The van der Waals surface area contributed by atoms with Crippen LogP contribution in [0.3, 0.4) is 0 Å². The molecule has 7 heteroatoms. The number of alkyl halides is 3. The van der Waals surface area contributed by atoms with Crippen LogP contribution in [0.15, 0.2) is 36.8 Å². The summed E-state index contributed by atoms with van der Waals surface area (Å²) in [4.78, 5) is 17.1. The van der Waals surface area contributed by atoms with E-state index in [1.165, 1.54) is 18.5 Å². The second kappa shape index (κ2) is 12.4. The van der Waals surface area contributed by atoms with Gasteiger partial charge in [-0.2, -0.15) is 13.2 Å². The molecule has 1 heterocycles. The number of carbonyl (C=O) groups is 1. The van der Waals surface area contributed by atoms with Crippen LogP contribution >= 0.6 is 0 Å². The van der Waals surface area contributed by atoms with Gasteiger partial charge in [-0.25, -0.2) is 4.98 Å². The molecule has 0 aliphatic carbocycles. The Morgan fingerprint density at radius 3 is 2.30 bits per heavy atom. The van der Waals surface area contributed by atoms with Gasteiger partial charge in [0.25, 0.3) is 0 Å². The first kappa shape index (κ1) is 25.7. The van der Waals surface area contributed by atoms with Crippen molar-refractivity contribution in [1.82, 2.24) is 9.55 Å². The van der Waals surface area contributed by atoms with E-state index in [0.717, 1.165) is 37.8 Å². The van der Waals surface area contributed by atoms with E-state index >= 15 is 0 Å². The molecule has 4 nitrogen and oxygen atoms in total. The van der Waals surface area contributed by atoms with Gasteiger partial charge in [0.2, 0.25) is 0 Å². The number of benzene rings is 1. The number of nitrogens with zero attached hydrogens (tertiary/aromatic N) is 2. The van der Waals surface area contributed by atoms with Crippen molar-refractivity contribution < 1.29 is 18.0 Å². The number of anilines is 1. The lowest BCUT2D eigenvalue weighted by Gasteiger charge is -2.19. The second-order valence-corrected chi connectivity index (χ2v) is 7.23. The van der Waals surface area contributed by atoms with Gasteiger partial charge in [-0.3, -0.25) is 4.79 Å². The van der Waals surface area contributed by atoms with E-state index in [1.54, 1.807) is 17.8 Å². The van der Waals surface area contributed by atoms with Crippen molar-refractivity contribution in [3.8, 4) is 0 Å². The number of rotatable bonds is 10. The monoisotopic (exact) mass is 425 g/mol. The minimum Gasteiger partial charge on any atom is -0.372 e. The van der Waals surface area contributed by atoms with Gasteiger partial charge in [0, 0.05) is 19.7 Å². The predicted octanol–water partition coefficient (Wildman–Crippen LogP) is 6.73. The van der Waals surface area contributed by atoms with E-state index in [9.17, 15) is 18.0 Å². The zero-order chi connectivity index (χ0) is 22.7. The third-order valence-corrected chi connectivity index (χ3v) is 4.92. The fourth-order valence-electron chi connectivity index (χ4n) is 3.38. The number of Topliss-reactive ketones (excluding diaryl/α,β-unsaturated/α-hetero) is 1. The Labute approximate surface area is 177 Å². The van der Waals surface area contributed by atoms with Crippen molar-refractivity contribution in [3.63, 3.8) is 0 Å². The molecule has 1 aromatic heterocycles. The quantitative estimate of drug-likeness (QED) is 0.459. The molecule has 0 saturated carbocycles. The predicted molar refractivity (Wildman–Crippen MR) is 116 cm³/mol. The number of ketones is 1. The van der Waals surface area contributed by atoms with Crippen molar-refractivity contribution in [3.05, 3.63) is 47.9 Å². The average molecular weight is 426 g/mol. The Morgan fingerprint density at radius 2 is 1.80 bits per heavy atom. The van der Waals surface area contributed by atoms with Crippen LogP contribution in [0.5, 0.6) is 0 Å². The van der Waals surface area contributed by atoms with Crippen LogP contribution in [-0.2, 0) is 11.0 Å². The molecule has 0 aliphatic rings. The van der Waals surface area contributed by atoms with Crippen LogP contribution in [0.2, 0.25) is 0 Å². The first-order valence-corrected chi connectivity index (χ1v) is 10.7. The second-order valence-electron chi connectivity index (χ2n) is 7.23. The fraction of sp³-hybridized carbons (Fsp3) is 0.565. The molecule has 0 radical (unpaired) electrons. The maximum absolute atomic E-state index is 13.0. The molecular weight excluding hydrogens is 391 g/mol. The molecule has 2 atom stereocenters. The zero-order valence-electron chi connectivity index (χ0n) is 18.6. The highest BCUT2D eigenvalue weighted by Gasteiger charge is 2.31. The summed E-state index contributed by atoms with van der Waals surface area (Å²) in [5.41, 5.74) is -0.197. The van der Waals surface area contributed by atoms with Gasteiger partial charge in [-0.05, 0) is 30.0 Å². The van der Waals surface area contributed by atoms with Crippen LogP contribution in [-0.4, -0.2) is 22.4 Å². The molecule has 1 aromatic carbocycles. The van der Waals surface area contributed by atoms with Crippen molar-refractivity contribution in [1.29, 1.82) is 0 Å². The molecular formula is C23H34F3N3O. The van der Waals surface area contributed by atoms with E-state index < -0.39 is 17.8 Å². The molecule has 0 amide bonds. The summed E-state index contributed by atoms with van der Waals surface area (Å²) in [6, 6.07) is 4.12. The third kappa shape index (κ3) is 7.50. The number of carbonyl (C=O) groups excluding carboxylic acids is 1. The van der Waals surface area contributed by atoms with Gasteiger partial charge in [0.1, 0.15) is 11.9 Å². The Hall–Kier alpha value is -2.31. The van der Waals surface area contributed by atoms with E-state index in [1.807, 2.05) is 13.8 Å². The van der Waals surface area contributed by atoms with E-state index in [0.29, 0.717) is 23.7 Å². The maximum Gasteiger partial charge on any atom is 0.416 e. The summed E-state index contributed by atoms with van der Waals surface area (Å²) >= 11 is 0. The van der Waals surface area contributed by atoms with Crippen LogP contribution in [0.1, 0.15) is 77.0 Å². The molecule has 0 spiro atoms. The van der Waals surface area contributed by atoms with Gasteiger partial charge in [0.05, 0.1) is 11.9 Å². The van der Waals surface area contributed by atoms with Crippen LogP contribution in [0.25, 0.3) is 0 Å². The van der Waals surface area contributed by atoms with Crippen LogP contribution in [0, 0.1) is 5.92 Å². The Bertz CT molecular complexity index is 754. The van der Waals surface area contributed by atoms with Crippen LogP contribution in [0.4, 0.5) is 19.0 Å². The molecule has 0 saturated heterocycles. The number of imidazole rings is 1. The smallest absolute Gasteiger partial charge is 0.372 e. The van der Waals surface area contributed by atoms with Gasteiger partial charge in [0.15, 0.2) is 5.78 Å². The summed E-state index contributed by atoms with van der Waals surface area (Å²) in [6.07, 6.45) is 3.19. The Kier molecular flexibility index (Phi) is 10.6. The van der Waals surface area contributed by atoms with Gasteiger partial charge in [-0.15, -0.1) is 0 Å². The standard InChI is InChI=1S/C21H28F3N3O.C2H6/c1-4-6-15(2)7-5-8-18(28)20(27-13-19(25-3)26-14-27)16-9-11-17(12-10-16)21(22,23)24;1-2/h9-15,20,25H,4-8H2,1-3H3;1-2H3. The van der Waals surface area contributed by atoms with Crippen molar-refractivity contribution in [2.24, 2.45) is 5.92 Å². The molecule has 2 aromatic rings. The molecule has 2 unspecified atom stereocenters. The van der Waals surface area contributed by atoms with Crippen molar-refractivity contribution in [2.75, 3.05) is 12.4 Å². The van der Waals surface area contributed by atoms with E-state index in [2.05, 4.69) is 24.1 Å². The van der Waals surface area contributed by atoms with Crippen molar-refractivity contribution >= 4 is 11.6 Å². The van der Waals surface area contributed by atoms with E-state index in [-0.39, 0.29) is 5.78 Å². The lowest BCUT2D eigenvalue weighted by molar-refractivity contribution is -0.137. The van der Waals surface area contributed by atoms with Crippen molar-refractivity contribution in [2.45, 2.75) is 72.0 Å². The summed E-state index contributed by atoms with van der Waals surface area (Å²) in [5.74, 6) is 1.14. The highest BCUT2D eigenvalue weighted by Crippen LogP contribution is 2.31. The minimum absolute atomic E-state index is 0.0245. The highest BCUT2D eigenvalue weighted by atomic mass is 19.4. The Morgan fingerprint density at radius 1 is 1.17 bits per heavy atom. The summed E-state index contributed by atoms with van der Waals surface area (Å²) in [5, 5.41) is 2.90. The molecule has 0 bridgehead atoms. The SMILES string of the molecule is CC.CCCC(C)CCCC(=O)C(c1ccc(C(F)(F)F)cc1)n1cnc(NC)c1. The molecule has 1 N–H and O–H groups in total. The number of nitrogens with one attached hydrogen (secondary N) is 1. The average Bonchev–Trinajstić information content (AvgIpc) is 3.18. The molecule has 30 heavy (non-hydrogen) atoms. The maximum atomic E-state index is 13.0. The summed E-state index contributed by atoms with van der Waals surface area (Å²) in [7, 11) is 1.72. The molecule has 0 fully saturated rings. The molecule has 2 rings (SSSR count). The van der Waals surface area contributed by atoms with Gasteiger partial charge in [-0.1, -0.05) is 59.1 Å². The first-order valence-electron chi connectivity index (χ1n) is 10.7.